The van der Waals surface area contributed by atoms with Gasteiger partial charge in [-0.3, -0.25) is 9.59 Å². The molecule has 0 amide bonds. The second-order valence-electron chi connectivity index (χ2n) is 24.1. The molecule has 0 heterocycles. The van der Waals surface area contributed by atoms with Crippen LogP contribution in [0, 0.1) is 0 Å². The number of unbranched alkanes of at least 4 members (excludes halogenated alkanes) is 20. The number of nitrogens with zero attached hydrogens (tertiary/aromatic N) is 1. The summed E-state index contributed by atoms with van der Waals surface area (Å²) >= 11 is 0. The first-order chi connectivity index (χ1) is 43.6. The molecule has 0 N–H and O–H groups in total. The molecule has 0 aliphatic heterocycles. The van der Waals surface area contributed by atoms with Crippen molar-refractivity contribution in [1.29, 1.82) is 0 Å². The number of likely N-dealkylation sites (N-methyl/N-ethyl adjacent to an activating group) is 1. The molecule has 0 fully saturated rings. The molecule has 0 aliphatic carbocycles. The van der Waals surface area contributed by atoms with Gasteiger partial charge in [-0.15, -0.1) is 0 Å². The summed E-state index contributed by atoms with van der Waals surface area (Å²) in [4.78, 5) is 37.5. The van der Waals surface area contributed by atoms with Crippen LogP contribution in [-0.4, -0.2) is 82.3 Å². The number of hydrogen-bond donors (Lipinski definition) is 0. The topological polar surface area (TPSA) is 111 Å². The van der Waals surface area contributed by atoms with E-state index in [-0.39, 0.29) is 38.6 Å². The van der Waals surface area contributed by atoms with Gasteiger partial charge in [0.2, 0.25) is 0 Å². The van der Waals surface area contributed by atoms with Crippen molar-refractivity contribution in [3.63, 3.8) is 0 Å². The molecule has 2 unspecified atom stereocenters. The lowest BCUT2D eigenvalue weighted by Gasteiger charge is -2.26. The summed E-state index contributed by atoms with van der Waals surface area (Å²) in [5, 5.41) is 11.8. The average molecular weight is 1230 g/mol. The van der Waals surface area contributed by atoms with Gasteiger partial charge in [0.1, 0.15) is 13.2 Å². The minimum absolute atomic E-state index is 0.137. The molecule has 9 heteroatoms. The van der Waals surface area contributed by atoms with E-state index in [0.717, 1.165) is 148 Å². The predicted molar refractivity (Wildman–Crippen MR) is 379 cm³/mol. The Balaban J connectivity index is 4.20. The second kappa shape index (κ2) is 68.6. The van der Waals surface area contributed by atoms with Gasteiger partial charge in [-0.2, -0.15) is 0 Å². The van der Waals surface area contributed by atoms with Crippen molar-refractivity contribution in [1.82, 2.24) is 0 Å². The van der Waals surface area contributed by atoms with Gasteiger partial charge in [-0.05, 0) is 128 Å². The third-order valence-electron chi connectivity index (χ3n) is 14.5. The van der Waals surface area contributed by atoms with Crippen LogP contribution in [0.1, 0.15) is 258 Å². The number of carbonyl (C=O) groups excluding carboxylic acids is 3. The number of carboxylic acids is 1. The standard InChI is InChI=1S/C80H129NO8/c1-6-8-10-12-14-16-18-20-22-24-26-28-30-32-34-35-36-37-38-39-40-41-42-43-45-47-49-51-53-55-57-59-61-63-65-67-69-71-78(83)89-76(75-88-80(79(84)85)86-73-72-81(3,4)5)74-87-77(82)70-68-66-64-62-60-58-56-54-52-50-48-46-44-33-31-29-27-25-23-21-19-17-15-13-11-9-7-2/h8-11,14-17,20-23,26-29,32-34,36-37,39-40,42-44,47,49,76,80H,6-7,12-13,18-19,24-25,30-31,35,38,41,45-46,48,50-75H2,1-5H3/b10-8-,11-9-,16-14-,17-15-,22-20-,23-21-,28-26-,29-27-,34-32-,37-36-,40-39-,43-42-,44-33-,49-47-. The van der Waals surface area contributed by atoms with E-state index in [1.807, 2.05) is 21.1 Å². The fraction of sp³-hybridized carbons (Fsp3) is 0.613. The second-order valence-corrected chi connectivity index (χ2v) is 24.1. The summed E-state index contributed by atoms with van der Waals surface area (Å²) in [6.07, 6.45) is 99.9. The van der Waals surface area contributed by atoms with Gasteiger partial charge >= 0.3 is 11.9 Å². The largest absolute Gasteiger partial charge is 0.545 e. The van der Waals surface area contributed by atoms with Crippen LogP contribution < -0.4 is 5.11 Å². The number of hydrogen-bond acceptors (Lipinski definition) is 8. The molecule has 0 aromatic heterocycles. The van der Waals surface area contributed by atoms with Crippen LogP contribution in [0.25, 0.3) is 0 Å². The van der Waals surface area contributed by atoms with E-state index in [1.54, 1.807) is 0 Å². The van der Waals surface area contributed by atoms with Gasteiger partial charge in [-0.25, -0.2) is 0 Å². The molecule has 0 aromatic rings. The maximum absolute atomic E-state index is 12.9. The number of ether oxygens (including phenoxy) is 4. The van der Waals surface area contributed by atoms with Gasteiger partial charge in [0.05, 0.1) is 40.3 Å². The number of esters is 2. The molecular formula is C80H129NO8. The predicted octanol–water partition coefficient (Wildman–Crippen LogP) is 20.9. The van der Waals surface area contributed by atoms with E-state index in [0.29, 0.717) is 17.4 Å². The normalized spacial score (nSPS) is 13.8. The van der Waals surface area contributed by atoms with Crippen LogP contribution in [0.2, 0.25) is 0 Å². The van der Waals surface area contributed by atoms with Crippen molar-refractivity contribution < 1.29 is 42.9 Å². The third-order valence-corrected chi connectivity index (χ3v) is 14.5. The van der Waals surface area contributed by atoms with Crippen LogP contribution in [0.5, 0.6) is 0 Å². The zero-order chi connectivity index (χ0) is 64.7. The summed E-state index contributed by atoms with van der Waals surface area (Å²) in [5.41, 5.74) is 0. The number of rotatable bonds is 63. The highest BCUT2D eigenvalue weighted by atomic mass is 16.7. The van der Waals surface area contributed by atoms with Gasteiger partial charge in [0, 0.05) is 12.8 Å². The average Bonchev–Trinajstić information content (AvgIpc) is 3.70. The summed E-state index contributed by atoms with van der Waals surface area (Å²) in [7, 11) is 5.92. The first kappa shape index (κ1) is 83.7. The van der Waals surface area contributed by atoms with Crippen LogP contribution in [0.3, 0.4) is 0 Å². The first-order valence-corrected chi connectivity index (χ1v) is 35.3. The Morgan fingerprint density at radius 3 is 0.899 bits per heavy atom. The van der Waals surface area contributed by atoms with Gasteiger partial charge in [-0.1, -0.05) is 287 Å². The van der Waals surface area contributed by atoms with Crippen LogP contribution in [0.15, 0.2) is 170 Å². The van der Waals surface area contributed by atoms with Crippen molar-refractivity contribution in [3.05, 3.63) is 170 Å². The van der Waals surface area contributed by atoms with E-state index in [2.05, 4.69) is 184 Å². The molecular weight excluding hydrogens is 1100 g/mol. The van der Waals surface area contributed by atoms with E-state index in [1.165, 1.54) is 77.0 Å². The van der Waals surface area contributed by atoms with Crippen molar-refractivity contribution in [3.8, 4) is 0 Å². The molecule has 0 saturated heterocycles. The molecule has 0 aliphatic rings. The van der Waals surface area contributed by atoms with Gasteiger partial charge < -0.3 is 33.3 Å². The maximum Gasteiger partial charge on any atom is 0.306 e. The SMILES string of the molecule is CC/C=C\C/C=C\C/C=C\C/C=C\C/C=C\C/C=C\C/C=C\C/C=C\C/C=C\CCCCCCCCCCCC(=O)OC(COC(=O)CCCCCCCCCCCCC/C=C\C/C=C\C/C=C\C/C=C\C/C=C\CC)COC(OCC[N+](C)(C)C)C(=O)[O-]. The van der Waals surface area contributed by atoms with E-state index < -0.39 is 24.3 Å². The number of aliphatic carboxylic acids is 1. The quantitative estimate of drug-likeness (QED) is 0.0195. The Morgan fingerprint density at radius 1 is 0.337 bits per heavy atom. The fourth-order valence-electron chi connectivity index (χ4n) is 9.14. The zero-order valence-electron chi connectivity index (χ0n) is 57.2. The zero-order valence-corrected chi connectivity index (χ0v) is 57.2. The highest BCUT2D eigenvalue weighted by Gasteiger charge is 2.22. The molecule has 502 valence electrons. The minimum Gasteiger partial charge on any atom is -0.545 e. The minimum atomic E-state index is -1.64. The summed E-state index contributed by atoms with van der Waals surface area (Å²) < 4.78 is 22.8. The highest BCUT2D eigenvalue weighted by molar-refractivity contribution is 5.70. The summed E-state index contributed by atoms with van der Waals surface area (Å²) in [5.74, 6) is -2.31. The molecule has 0 rings (SSSR count). The van der Waals surface area contributed by atoms with Crippen molar-refractivity contribution in [2.75, 3.05) is 47.5 Å². The molecule has 89 heavy (non-hydrogen) atoms. The number of carboxylic acid groups (broad SMARTS) is 1. The van der Waals surface area contributed by atoms with Crippen molar-refractivity contribution in [2.24, 2.45) is 0 Å². The lowest BCUT2D eigenvalue weighted by Crippen LogP contribution is -2.44. The van der Waals surface area contributed by atoms with Crippen LogP contribution >= 0.6 is 0 Å². The Bertz CT molecular complexity index is 2070. The molecule has 0 bridgehead atoms. The number of quaternary nitrogens is 1. The van der Waals surface area contributed by atoms with Gasteiger partial charge in [0.15, 0.2) is 12.4 Å². The maximum atomic E-state index is 12.9. The molecule has 0 radical (unpaired) electrons. The molecule has 0 spiro atoms. The van der Waals surface area contributed by atoms with E-state index >= 15 is 0 Å². The lowest BCUT2D eigenvalue weighted by atomic mass is 10.0. The summed E-state index contributed by atoms with van der Waals surface area (Å²) in [6, 6.07) is 0. The highest BCUT2D eigenvalue weighted by Crippen LogP contribution is 2.16. The Hall–Kier alpha value is -5.35. The van der Waals surface area contributed by atoms with Gasteiger partial charge in [0.25, 0.3) is 0 Å². The molecule has 0 saturated carbocycles. The van der Waals surface area contributed by atoms with Crippen LogP contribution in [0.4, 0.5) is 0 Å². The van der Waals surface area contributed by atoms with Crippen molar-refractivity contribution in [2.45, 2.75) is 270 Å². The smallest absolute Gasteiger partial charge is 0.306 e. The third kappa shape index (κ3) is 70.0. The Kier molecular flexibility index (Phi) is 64.4. The molecule has 9 nitrogen and oxygen atoms in total. The van der Waals surface area contributed by atoms with Crippen molar-refractivity contribution >= 4 is 17.9 Å². The lowest BCUT2D eigenvalue weighted by molar-refractivity contribution is -0.870. The first-order valence-electron chi connectivity index (χ1n) is 35.3. The van der Waals surface area contributed by atoms with E-state index in [4.69, 9.17) is 18.9 Å². The fourth-order valence-corrected chi connectivity index (χ4v) is 9.14. The monoisotopic (exact) mass is 1230 g/mol. The number of allylic oxidation sites excluding steroid dienone is 28. The van der Waals surface area contributed by atoms with Crippen LogP contribution in [-0.2, 0) is 33.3 Å². The Labute approximate surface area is 546 Å². The molecule has 0 aromatic carbocycles. The molecule has 2 atom stereocenters. The van der Waals surface area contributed by atoms with E-state index in [9.17, 15) is 19.5 Å². The summed E-state index contributed by atoms with van der Waals surface area (Å²) in [6.45, 7) is 4.50. The number of carbonyl (C=O) groups is 3. The Morgan fingerprint density at radius 2 is 0.607 bits per heavy atom.